The zero-order chi connectivity index (χ0) is 13.1. The number of rotatable bonds is 2. The highest BCUT2D eigenvalue weighted by molar-refractivity contribution is 5.95. The maximum Gasteiger partial charge on any atom is 0.322 e. The van der Waals surface area contributed by atoms with Crippen molar-refractivity contribution < 1.29 is 19.1 Å². The van der Waals surface area contributed by atoms with Crippen LogP contribution >= 0.6 is 0 Å². The number of nitrogens with one attached hydrogen (secondary N) is 1. The van der Waals surface area contributed by atoms with Crippen LogP contribution in [0.15, 0.2) is 24.3 Å². The highest BCUT2D eigenvalue weighted by atomic mass is 19.1. The summed E-state index contributed by atoms with van der Waals surface area (Å²) in [6, 6.07) is 4.89. The number of carbonyl (C=O) groups is 2. The first-order chi connectivity index (χ1) is 8.59. The minimum atomic E-state index is -1.01. The molecule has 1 aliphatic rings. The van der Waals surface area contributed by atoms with Crippen LogP contribution in [0.5, 0.6) is 0 Å². The molecule has 0 aromatic heterocycles. The average Bonchev–Trinajstić information content (AvgIpc) is 2.38. The number of hydrogen-bond donors (Lipinski definition) is 2. The van der Waals surface area contributed by atoms with Crippen LogP contribution in [0.4, 0.5) is 4.39 Å². The third-order valence-corrected chi connectivity index (χ3v) is 2.86. The smallest absolute Gasteiger partial charge is 0.322 e. The molecule has 2 rings (SSSR count). The molecule has 0 spiro atoms. The highest BCUT2D eigenvalue weighted by Crippen LogP contribution is 2.11. The summed E-state index contributed by atoms with van der Waals surface area (Å²) in [7, 11) is 0. The minimum absolute atomic E-state index is 0.0245. The van der Waals surface area contributed by atoms with Crippen LogP contribution in [0.3, 0.4) is 0 Å². The lowest BCUT2D eigenvalue weighted by molar-refractivity contribution is -0.140. The number of hydrogen-bond acceptors (Lipinski definition) is 3. The zero-order valence-electron chi connectivity index (χ0n) is 9.60. The first-order valence-electron chi connectivity index (χ1n) is 5.59. The molecule has 1 heterocycles. The first-order valence-corrected chi connectivity index (χ1v) is 5.59. The summed E-state index contributed by atoms with van der Waals surface area (Å²) >= 11 is 0. The van der Waals surface area contributed by atoms with Gasteiger partial charge in [0.15, 0.2) is 0 Å². The van der Waals surface area contributed by atoms with Crippen molar-refractivity contribution >= 4 is 11.9 Å². The number of halogens is 1. The van der Waals surface area contributed by atoms with Crippen molar-refractivity contribution in [3.05, 3.63) is 35.6 Å². The molecule has 96 valence electrons. The molecule has 1 aliphatic heterocycles. The van der Waals surface area contributed by atoms with E-state index in [1.54, 1.807) is 6.07 Å². The number of carboxylic acids is 1. The third kappa shape index (κ3) is 2.48. The topological polar surface area (TPSA) is 69.6 Å². The van der Waals surface area contributed by atoms with Crippen LogP contribution in [0.1, 0.15) is 10.4 Å². The molecule has 0 bridgehead atoms. The van der Waals surface area contributed by atoms with E-state index >= 15 is 0 Å². The van der Waals surface area contributed by atoms with Gasteiger partial charge in [-0.15, -0.1) is 0 Å². The zero-order valence-corrected chi connectivity index (χ0v) is 9.60. The van der Waals surface area contributed by atoms with Gasteiger partial charge < -0.3 is 15.3 Å². The minimum Gasteiger partial charge on any atom is -0.480 e. The Morgan fingerprint density at radius 3 is 2.78 bits per heavy atom. The van der Waals surface area contributed by atoms with Gasteiger partial charge in [0, 0.05) is 19.6 Å². The Balaban J connectivity index is 2.14. The molecule has 1 fully saturated rings. The van der Waals surface area contributed by atoms with Crippen molar-refractivity contribution in [2.24, 2.45) is 0 Å². The molecular weight excluding hydrogens is 239 g/mol. The van der Waals surface area contributed by atoms with Crippen LogP contribution in [0.2, 0.25) is 0 Å². The Kier molecular flexibility index (Phi) is 3.57. The second kappa shape index (κ2) is 5.14. The summed E-state index contributed by atoms with van der Waals surface area (Å²) in [5.41, 5.74) is -0.0245. The van der Waals surface area contributed by atoms with Gasteiger partial charge in [0.2, 0.25) is 0 Å². The van der Waals surface area contributed by atoms with Gasteiger partial charge in [-0.05, 0) is 12.1 Å². The molecule has 1 atom stereocenters. The molecule has 1 aromatic rings. The van der Waals surface area contributed by atoms with E-state index in [-0.39, 0.29) is 12.1 Å². The van der Waals surface area contributed by atoms with Crippen molar-refractivity contribution in [1.82, 2.24) is 10.2 Å². The summed E-state index contributed by atoms with van der Waals surface area (Å²) in [5.74, 6) is -2.07. The second-order valence-corrected chi connectivity index (χ2v) is 4.08. The molecule has 18 heavy (non-hydrogen) atoms. The molecule has 5 nitrogen and oxygen atoms in total. The van der Waals surface area contributed by atoms with Crippen LogP contribution in [-0.4, -0.2) is 47.6 Å². The van der Waals surface area contributed by atoms with Crippen molar-refractivity contribution in [1.29, 1.82) is 0 Å². The number of piperazine rings is 1. The summed E-state index contributed by atoms with van der Waals surface area (Å²) in [4.78, 5) is 24.3. The van der Waals surface area contributed by atoms with E-state index in [9.17, 15) is 14.0 Å². The number of carboxylic acid groups (broad SMARTS) is 1. The number of aliphatic carboxylic acids is 1. The second-order valence-electron chi connectivity index (χ2n) is 4.08. The molecule has 0 aliphatic carbocycles. The quantitative estimate of drug-likeness (QED) is 0.795. The normalized spacial score (nSPS) is 19.6. The van der Waals surface area contributed by atoms with Gasteiger partial charge in [-0.1, -0.05) is 12.1 Å². The van der Waals surface area contributed by atoms with E-state index in [4.69, 9.17) is 5.11 Å². The van der Waals surface area contributed by atoms with E-state index in [0.717, 1.165) is 0 Å². The lowest BCUT2D eigenvalue weighted by Gasteiger charge is -2.31. The molecule has 1 unspecified atom stereocenters. The van der Waals surface area contributed by atoms with E-state index in [0.29, 0.717) is 13.1 Å². The molecule has 2 N–H and O–H groups in total. The van der Waals surface area contributed by atoms with Gasteiger partial charge in [-0.3, -0.25) is 9.59 Å². The SMILES string of the molecule is O=C(O)C1CN(C(=O)c2ccccc2F)CCN1. The molecule has 1 saturated heterocycles. The van der Waals surface area contributed by atoms with Crippen molar-refractivity contribution in [2.75, 3.05) is 19.6 Å². The Bertz CT molecular complexity index is 478. The van der Waals surface area contributed by atoms with E-state index in [2.05, 4.69) is 5.32 Å². The molecule has 0 saturated carbocycles. The van der Waals surface area contributed by atoms with Crippen molar-refractivity contribution in [3.63, 3.8) is 0 Å². The van der Waals surface area contributed by atoms with E-state index in [1.807, 2.05) is 0 Å². The van der Waals surface area contributed by atoms with E-state index in [1.165, 1.54) is 23.1 Å². The lowest BCUT2D eigenvalue weighted by Crippen LogP contribution is -2.55. The maximum atomic E-state index is 13.5. The third-order valence-electron chi connectivity index (χ3n) is 2.86. The molecule has 6 heteroatoms. The highest BCUT2D eigenvalue weighted by Gasteiger charge is 2.29. The summed E-state index contributed by atoms with van der Waals surface area (Å²) in [5, 5.41) is 11.7. The Morgan fingerprint density at radius 2 is 2.11 bits per heavy atom. The first kappa shape index (κ1) is 12.5. The van der Waals surface area contributed by atoms with Gasteiger partial charge in [0.1, 0.15) is 11.9 Å². The number of nitrogens with zero attached hydrogens (tertiary/aromatic N) is 1. The fourth-order valence-electron chi connectivity index (χ4n) is 1.90. The average molecular weight is 252 g/mol. The summed E-state index contributed by atoms with van der Waals surface area (Å²) in [6.45, 7) is 0.802. The lowest BCUT2D eigenvalue weighted by atomic mass is 10.1. The molecule has 1 aromatic carbocycles. The van der Waals surface area contributed by atoms with Crippen LogP contribution in [0, 0.1) is 5.82 Å². The Morgan fingerprint density at radius 1 is 1.39 bits per heavy atom. The largest absolute Gasteiger partial charge is 0.480 e. The van der Waals surface area contributed by atoms with Gasteiger partial charge >= 0.3 is 5.97 Å². The summed E-state index contributed by atoms with van der Waals surface area (Å²) < 4.78 is 13.5. The van der Waals surface area contributed by atoms with Crippen molar-refractivity contribution in [3.8, 4) is 0 Å². The van der Waals surface area contributed by atoms with E-state index < -0.39 is 23.7 Å². The van der Waals surface area contributed by atoms with Crippen LogP contribution < -0.4 is 5.32 Å². The molecule has 0 radical (unpaired) electrons. The Hall–Kier alpha value is -1.95. The van der Waals surface area contributed by atoms with Gasteiger partial charge in [0.25, 0.3) is 5.91 Å². The number of benzene rings is 1. The fourth-order valence-corrected chi connectivity index (χ4v) is 1.90. The predicted octanol–water partition coefficient (Wildman–Crippen LogP) is 0.324. The molecule has 1 amide bonds. The van der Waals surface area contributed by atoms with Crippen LogP contribution in [0.25, 0.3) is 0 Å². The maximum absolute atomic E-state index is 13.5. The predicted molar refractivity (Wildman–Crippen MR) is 61.7 cm³/mol. The molecular formula is C12H13FN2O3. The summed E-state index contributed by atoms with van der Waals surface area (Å²) in [6.07, 6.45) is 0. The standard InChI is InChI=1S/C12H13FN2O3/c13-9-4-2-1-3-8(9)11(16)15-6-5-14-10(7-15)12(17)18/h1-4,10,14H,5-7H2,(H,17,18). The van der Waals surface area contributed by atoms with Crippen LogP contribution in [-0.2, 0) is 4.79 Å². The monoisotopic (exact) mass is 252 g/mol. The van der Waals surface area contributed by atoms with Crippen molar-refractivity contribution in [2.45, 2.75) is 6.04 Å². The number of amides is 1. The van der Waals surface area contributed by atoms with Gasteiger partial charge in [0.05, 0.1) is 5.56 Å². The Labute approximate surface area is 103 Å². The number of carbonyl (C=O) groups excluding carboxylic acids is 1. The fraction of sp³-hybridized carbons (Fsp3) is 0.333. The van der Waals surface area contributed by atoms with Gasteiger partial charge in [-0.2, -0.15) is 0 Å². The van der Waals surface area contributed by atoms with Gasteiger partial charge in [-0.25, -0.2) is 4.39 Å².